The molecular weight excluding hydrogens is 320 g/mol. The molecule has 0 aliphatic carbocycles. The maximum atomic E-state index is 12.3. The van der Waals surface area contributed by atoms with Crippen LogP contribution in [0.4, 0.5) is 5.69 Å². The molecule has 0 unspecified atom stereocenters. The van der Waals surface area contributed by atoms with Crippen LogP contribution in [0.2, 0.25) is 0 Å². The summed E-state index contributed by atoms with van der Waals surface area (Å²) in [6.07, 6.45) is 4.29. The Morgan fingerprint density at radius 1 is 1.40 bits per heavy atom. The zero-order valence-electron chi connectivity index (χ0n) is 14.9. The molecule has 0 spiro atoms. The van der Waals surface area contributed by atoms with Crippen LogP contribution in [0, 0.1) is 5.41 Å². The van der Waals surface area contributed by atoms with Gasteiger partial charge in [0, 0.05) is 18.4 Å². The molecule has 7 heteroatoms. The summed E-state index contributed by atoms with van der Waals surface area (Å²) in [5, 5.41) is 7.04. The summed E-state index contributed by atoms with van der Waals surface area (Å²) >= 11 is 0. The molecule has 3 heterocycles. The van der Waals surface area contributed by atoms with Gasteiger partial charge in [-0.25, -0.2) is 9.31 Å². The van der Waals surface area contributed by atoms with E-state index in [2.05, 4.69) is 29.2 Å². The Balaban J connectivity index is 1.70. The normalized spacial score (nSPS) is 16.9. The summed E-state index contributed by atoms with van der Waals surface area (Å²) in [7, 11) is 0. The van der Waals surface area contributed by atoms with E-state index in [0.717, 1.165) is 19.5 Å². The average molecular weight is 344 g/mol. The molecule has 1 aliphatic rings. The van der Waals surface area contributed by atoms with Crippen LogP contribution in [0.5, 0.6) is 0 Å². The van der Waals surface area contributed by atoms with Crippen LogP contribution in [0.1, 0.15) is 37.6 Å². The van der Waals surface area contributed by atoms with E-state index in [9.17, 15) is 9.59 Å². The zero-order valence-corrected chi connectivity index (χ0v) is 14.9. The summed E-state index contributed by atoms with van der Waals surface area (Å²) < 4.78 is 6.63. The van der Waals surface area contributed by atoms with Crippen LogP contribution in [-0.2, 0) is 9.53 Å². The van der Waals surface area contributed by atoms with Crippen LogP contribution in [0.3, 0.4) is 0 Å². The van der Waals surface area contributed by atoms with Gasteiger partial charge in [0.25, 0.3) is 0 Å². The molecule has 1 amide bonds. The van der Waals surface area contributed by atoms with Crippen LogP contribution in [0.15, 0.2) is 24.5 Å². The van der Waals surface area contributed by atoms with Gasteiger partial charge in [-0.3, -0.25) is 9.69 Å². The first-order chi connectivity index (χ1) is 11.9. The number of ether oxygens (including phenoxy) is 1. The highest BCUT2D eigenvalue weighted by molar-refractivity contribution is 5.98. The van der Waals surface area contributed by atoms with Crippen molar-refractivity contribution in [1.29, 1.82) is 0 Å². The number of pyridine rings is 1. The van der Waals surface area contributed by atoms with Gasteiger partial charge in [0.1, 0.15) is 5.56 Å². The molecule has 0 saturated carbocycles. The van der Waals surface area contributed by atoms with Crippen molar-refractivity contribution in [1.82, 2.24) is 14.5 Å². The molecule has 1 N–H and O–H groups in total. The maximum Gasteiger partial charge on any atom is 0.341 e. The number of hydrogen-bond donors (Lipinski definition) is 1. The topological polar surface area (TPSA) is 75.9 Å². The summed E-state index contributed by atoms with van der Waals surface area (Å²) in [4.78, 5) is 26.4. The molecular formula is C18H24N4O3. The van der Waals surface area contributed by atoms with Crippen LogP contribution >= 0.6 is 0 Å². The zero-order chi connectivity index (χ0) is 18.0. The molecule has 1 aliphatic heterocycles. The highest BCUT2D eigenvalue weighted by Crippen LogP contribution is 2.28. The van der Waals surface area contributed by atoms with Gasteiger partial charge in [-0.05, 0) is 37.4 Å². The summed E-state index contributed by atoms with van der Waals surface area (Å²) in [6, 6.07) is 3.51. The Bertz CT molecular complexity index is 797. The first-order valence-corrected chi connectivity index (χ1v) is 8.55. The van der Waals surface area contributed by atoms with Crippen molar-refractivity contribution in [2.75, 3.05) is 31.6 Å². The SMILES string of the molecule is CCOC(=O)c1cnn2ccc(NC(=O)CN3CCC(C)(C)C3)cc12. The van der Waals surface area contributed by atoms with Crippen molar-refractivity contribution < 1.29 is 14.3 Å². The molecule has 7 nitrogen and oxygen atoms in total. The van der Waals surface area contributed by atoms with E-state index in [1.165, 1.54) is 6.20 Å². The van der Waals surface area contributed by atoms with Gasteiger partial charge in [-0.15, -0.1) is 0 Å². The minimum Gasteiger partial charge on any atom is -0.462 e. The quantitative estimate of drug-likeness (QED) is 0.842. The predicted octanol–water partition coefficient (Wildman–Crippen LogP) is 2.18. The first kappa shape index (κ1) is 17.4. The molecule has 134 valence electrons. The van der Waals surface area contributed by atoms with E-state index in [0.29, 0.717) is 29.9 Å². The molecule has 0 radical (unpaired) electrons. The largest absolute Gasteiger partial charge is 0.462 e. The molecule has 0 atom stereocenters. The number of aromatic nitrogens is 2. The second-order valence-electron chi connectivity index (χ2n) is 7.20. The Kier molecular flexibility index (Phi) is 4.76. The molecule has 0 aromatic carbocycles. The van der Waals surface area contributed by atoms with Crippen LogP contribution < -0.4 is 5.32 Å². The van der Waals surface area contributed by atoms with Gasteiger partial charge in [-0.1, -0.05) is 13.8 Å². The summed E-state index contributed by atoms with van der Waals surface area (Å²) in [6.45, 7) is 8.74. The van der Waals surface area contributed by atoms with Crippen molar-refractivity contribution in [3.05, 3.63) is 30.1 Å². The summed E-state index contributed by atoms with van der Waals surface area (Å²) in [5.41, 5.74) is 1.91. The second kappa shape index (κ2) is 6.84. The number of nitrogens with one attached hydrogen (secondary N) is 1. The number of anilines is 1. The number of carbonyl (C=O) groups excluding carboxylic acids is 2. The fourth-order valence-corrected chi connectivity index (χ4v) is 3.19. The van der Waals surface area contributed by atoms with E-state index >= 15 is 0 Å². The monoisotopic (exact) mass is 344 g/mol. The number of rotatable bonds is 5. The number of amides is 1. The van der Waals surface area contributed by atoms with E-state index in [-0.39, 0.29) is 11.3 Å². The molecule has 3 rings (SSSR count). The number of likely N-dealkylation sites (tertiary alicyclic amines) is 1. The smallest absolute Gasteiger partial charge is 0.341 e. The Morgan fingerprint density at radius 2 is 2.20 bits per heavy atom. The van der Waals surface area contributed by atoms with Gasteiger partial charge in [0.05, 0.1) is 24.9 Å². The number of carbonyl (C=O) groups is 2. The number of esters is 1. The maximum absolute atomic E-state index is 12.3. The predicted molar refractivity (Wildman–Crippen MR) is 94.6 cm³/mol. The average Bonchev–Trinajstić information content (AvgIpc) is 3.10. The van der Waals surface area contributed by atoms with Crippen molar-refractivity contribution in [2.45, 2.75) is 27.2 Å². The van der Waals surface area contributed by atoms with Gasteiger partial charge < -0.3 is 10.1 Å². The number of fused-ring (bicyclic) bond motifs is 1. The van der Waals surface area contributed by atoms with Gasteiger partial charge in [0.2, 0.25) is 5.91 Å². The minimum absolute atomic E-state index is 0.0562. The van der Waals surface area contributed by atoms with E-state index < -0.39 is 5.97 Å². The fraction of sp³-hybridized carbons (Fsp3) is 0.500. The third-order valence-corrected chi connectivity index (χ3v) is 4.42. The molecule has 0 bridgehead atoms. The lowest BCUT2D eigenvalue weighted by atomic mass is 9.93. The Labute approximate surface area is 146 Å². The highest BCUT2D eigenvalue weighted by Gasteiger charge is 2.30. The first-order valence-electron chi connectivity index (χ1n) is 8.55. The van der Waals surface area contributed by atoms with Crippen molar-refractivity contribution >= 4 is 23.1 Å². The standard InChI is InChI=1S/C18H24N4O3/c1-4-25-17(24)14-10-19-22-7-5-13(9-15(14)22)20-16(23)11-21-8-6-18(2,3)12-21/h5,7,9-10H,4,6,8,11-12H2,1-3H3,(H,20,23). The lowest BCUT2D eigenvalue weighted by Gasteiger charge is -2.19. The van der Waals surface area contributed by atoms with E-state index in [1.54, 1.807) is 29.8 Å². The second-order valence-corrected chi connectivity index (χ2v) is 7.20. The van der Waals surface area contributed by atoms with Crippen molar-refractivity contribution in [2.24, 2.45) is 5.41 Å². The van der Waals surface area contributed by atoms with Crippen molar-refractivity contribution in [3.8, 4) is 0 Å². The molecule has 25 heavy (non-hydrogen) atoms. The number of hydrogen-bond acceptors (Lipinski definition) is 5. The third kappa shape index (κ3) is 3.99. The number of nitrogens with zero attached hydrogens (tertiary/aromatic N) is 3. The van der Waals surface area contributed by atoms with Gasteiger partial charge in [0.15, 0.2) is 0 Å². The fourth-order valence-electron chi connectivity index (χ4n) is 3.19. The Hall–Kier alpha value is -2.41. The Morgan fingerprint density at radius 3 is 2.88 bits per heavy atom. The van der Waals surface area contributed by atoms with Gasteiger partial charge in [-0.2, -0.15) is 5.10 Å². The summed E-state index contributed by atoms with van der Waals surface area (Å²) in [5.74, 6) is -0.473. The van der Waals surface area contributed by atoms with Crippen LogP contribution in [0.25, 0.3) is 5.52 Å². The lowest BCUT2D eigenvalue weighted by Crippen LogP contribution is -2.32. The van der Waals surface area contributed by atoms with Gasteiger partial charge >= 0.3 is 5.97 Å². The molecule has 1 fully saturated rings. The third-order valence-electron chi connectivity index (χ3n) is 4.42. The van der Waals surface area contributed by atoms with E-state index in [1.807, 2.05) is 0 Å². The molecule has 1 saturated heterocycles. The molecule has 2 aromatic rings. The van der Waals surface area contributed by atoms with Crippen molar-refractivity contribution in [3.63, 3.8) is 0 Å². The lowest BCUT2D eigenvalue weighted by molar-refractivity contribution is -0.117. The van der Waals surface area contributed by atoms with E-state index in [4.69, 9.17) is 4.74 Å². The highest BCUT2D eigenvalue weighted by atomic mass is 16.5. The minimum atomic E-state index is -0.416. The molecule has 2 aromatic heterocycles. The van der Waals surface area contributed by atoms with Crippen LogP contribution in [-0.4, -0.2) is 52.6 Å².